The molecular formula is C15H11BrN2O2. The number of methoxy groups -OCH3 is 1. The molecule has 3 aromatic rings. The van der Waals surface area contributed by atoms with Crippen molar-refractivity contribution >= 4 is 26.7 Å². The van der Waals surface area contributed by atoms with Gasteiger partial charge in [-0.3, -0.25) is 4.79 Å². The first-order valence-electron chi connectivity index (χ1n) is 6.02. The second kappa shape index (κ2) is 5.09. The van der Waals surface area contributed by atoms with E-state index in [-0.39, 0.29) is 5.56 Å². The number of ether oxygens (including phenoxy) is 1. The van der Waals surface area contributed by atoms with Gasteiger partial charge in [-0.05, 0) is 24.3 Å². The summed E-state index contributed by atoms with van der Waals surface area (Å²) in [5.74, 6) is 0.698. The van der Waals surface area contributed by atoms with E-state index in [9.17, 15) is 4.79 Å². The Labute approximate surface area is 123 Å². The zero-order valence-corrected chi connectivity index (χ0v) is 12.3. The lowest BCUT2D eigenvalue weighted by molar-refractivity contribution is 0.416. The number of halogens is 1. The second-order valence-corrected chi connectivity index (χ2v) is 5.21. The fourth-order valence-corrected chi connectivity index (χ4v) is 2.52. The van der Waals surface area contributed by atoms with Gasteiger partial charge < -0.3 is 4.74 Å². The van der Waals surface area contributed by atoms with Gasteiger partial charge in [0.15, 0.2) is 0 Å². The third-order valence-electron chi connectivity index (χ3n) is 3.11. The number of hydrogen-bond donors (Lipinski definition) is 1. The standard InChI is InChI=1S/C15H11BrN2O2/c1-20-13-8-9(16)6-7-12(13)14-10-4-2-3-5-11(10)15(19)18-17-14/h2-8H,1H3,(H,18,19). The molecule has 0 aliphatic rings. The van der Waals surface area contributed by atoms with Gasteiger partial charge in [-0.1, -0.05) is 34.1 Å². The normalized spacial score (nSPS) is 10.7. The van der Waals surface area contributed by atoms with Crippen molar-refractivity contribution in [3.8, 4) is 17.0 Å². The summed E-state index contributed by atoms with van der Waals surface area (Å²) in [6.45, 7) is 0. The average molecular weight is 331 g/mol. The van der Waals surface area contributed by atoms with Gasteiger partial charge in [0.25, 0.3) is 5.56 Å². The van der Waals surface area contributed by atoms with Crippen molar-refractivity contribution in [2.75, 3.05) is 7.11 Å². The summed E-state index contributed by atoms with van der Waals surface area (Å²) in [7, 11) is 1.61. The van der Waals surface area contributed by atoms with Crippen LogP contribution in [0.5, 0.6) is 5.75 Å². The largest absolute Gasteiger partial charge is 0.496 e. The van der Waals surface area contributed by atoms with E-state index < -0.39 is 0 Å². The zero-order chi connectivity index (χ0) is 14.1. The summed E-state index contributed by atoms with van der Waals surface area (Å²) in [6, 6.07) is 13.1. The lowest BCUT2D eigenvalue weighted by atomic mass is 10.0. The highest BCUT2D eigenvalue weighted by Crippen LogP contribution is 2.34. The molecule has 0 saturated heterocycles. The van der Waals surface area contributed by atoms with Crippen molar-refractivity contribution in [1.29, 1.82) is 0 Å². The molecule has 0 unspecified atom stereocenters. The summed E-state index contributed by atoms with van der Waals surface area (Å²) >= 11 is 3.41. The van der Waals surface area contributed by atoms with Crippen molar-refractivity contribution in [2.24, 2.45) is 0 Å². The average Bonchev–Trinajstić information content (AvgIpc) is 2.48. The first-order valence-corrected chi connectivity index (χ1v) is 6.81. The number of nitrogens with one attached hydrogen (secondary N) is 1. The number of rotatable bonds is 2. The van der Waals surface area contributed by atoms with E-state index in [4.69, 9.17) is 4.74 Å². The van der Waals surface area contributed by atoms with E-state index >= 15 is 0 Å². The van der Waals surface area contributed by atoms with Crippen molar-refractivity contribution in [3.05, 3.63) is 57.3 Å². The van der Waals surface area contributed by atoms with E-state index in [2.05, 4.69) is 26.1 Å². The van der Waals surface area contributed by atoms with E-state index in [0.717, 1.165) is 15.4 Å². The summed E-state index contributed by atoms with van der Waals surface area (Å²) < 4.78 is 6.32. The van der Waals surface area contributed by atoms with Crippen LogP contribution in [0.1, 0.15) is 0 Å². The molecule has 20 heavy (non-hydrogen) atoms. The fourth-order valence-electron chi connectivity index (χ4n) is 2.18. The molecule has 0 fully saturated rings. The summed E-state index contributed by atoms with van der Waals surface area (Å²) in [6.07, 6.45) is 0. The predicted molar refractivity (Wildman–Crippen MR) is 82.1 cm³/mol. The predicted octanol–water partition coefficient (Wildman–Crippen LogP) is 3.36. The lowest BCUT2D eigenvalue weighted by Crippen LogP contribution is -2.09. The Morgan fingerprint density at radius 3 is 2.65 bits per heavy atom. The Hall–Kier alpha value is -2.14. The van der Waals surface area contributed by atoms with Crippen molar-refractivity contribution in [2.45, 2.75) is 0 Å². The number of hydrogen-bond acceptors (Lipinski definition) is 3. The Morgan fingerprint density at radius 2 is 1.90 bits per heavy atom. The quantitative estimate of drug-likeness (QED) is 0.783. The highest BCUT2D eigenvalue weighted by molar-refractivity contribution is 9.10. The van der Waals surface area contributed by atoms with Crippen LogP contribution in [0.25, 0.3) is 22.0 Å². The molecule has 0 radical (unpaired) electrons. The van der Waals surface area contributed by atoms with Crippen LogP contribution >= 0.6 is 15.9 Å². The molecule has 0 aliphatic carbocycles. The molecule has 5 heteroatoms. The van der Waals surface area contributed by atoms with Gasteiger partial charge in [0.2, 0.25) is 0 Å². The minimum absolute atomic E-state index is 0.194. The Balaban J connectivity index is 2.36. The van der Waals surface area contributed by atoms with Crippen LogP contribution in [-0.4, -0.2) is 17.3 Å². The van der Waals surface area contributed by atoms with Gasteiger partial charge in [-0.15, -0.1) is 0 Å². The van der Waals surface area contributed by atoms with Gasteiger partial charge in [0, 0.05) is 15.4 Å². The number of nitrogens with zero attached hydrogens (tertiary/aromatic N) is 1. The number of aromatic nitrogens is 2. The first-order chi connectivity index (χ1) is 9.70. The van der Waals surface area contributed by atoms with Crippen LogP contribution in [0.15, 0.2) is 51.7 Å². The third-order valence-corrected chi connectivity index (χ3v) is 3.61. The van der Waals surface area contributed by atoms with Gasteiger partial charge >= 0.3 is 0 Å². The maximum Gasteiger partial charge on any atom is 0.272 e. The minimum atomic E-state index is -0.194. The summed E-state index contributed by atoms with van der Waals surface area (Å²) in [5, 5.41) is 8.13. The molecule has 4 nitrogen and oxygen atoms in total. The van der Waals surface area contributed by atoms with E-state index in [1.807, 2.05) is 36.4 Å². The molecule has 0 aliphatic heterocycles. The van der Waals surface area contributed by atoms with E-state index in [1.165, 1.54) is 0 Å². The molecular weight excluding hydrogens is 320 g/mol. The van der Waals surface area contributed by atoms with Crippen LogP contribution in [0.3, 0.4) is 0 Å². The van der Waals surface area contributed by atoms with Crippen LogP contribution in [0.2, 0.25) is 0 Å². The molecule has 3 rings (SSSR count). The topological polar surface area (TPSA) is 55.0 Å². The maximum atomic E-state index is 11.8. The first kappa shape index (κ1) is 12.9. The van der Waals surface area contributed by atoms with Crippen LogP contribution in [0.4, 0.5) is 0 Å². The monoisotopic (exact) mass is 330 g/mol. The van der Waals surface area contributed by atoms with Gasteiger partial charge in [-0.25, -0.2) is 5.10 Å². The molecule has 0 saturated carbocycles. The molecule has 1 N–H and O–H groups in total. The lowest BCUT2D eigenvalue weighted by Gasteiger charge is -2.10. The number of fused-ring (bicyclic) bond motifs is 1. The summed E-state index contributed by atoms with van der Waals surface area (Å²) in [5.41, 5.74) is 1.34. The minimum Gasteiger partial charge on any atom is -0.496 e. The van der Waals surface area contributed by atoms with Crippen molar-refractivity contribution in [1.82, 2.24) is 10.2 Å². The van der Waals surface area contributed by atoms with Crippen LogP contribution in [-0.2, 0) is 0 Å². The molecule has 0 bridgehead atoms. The van der Waals surface area contributed by atoms with Crippen molar-refractivity contribution < 1.29 is 4.74 Å². The smallest absolute Gasteiger partial charge is 0.272 e. The van der Waals surface area contributed by atoms with E-state index in [0.29, 0.717) is 16.8 Å². The maximum absolute atomic E-state index is 11.8. The van der Waals surface area contributed by atoms with Crippen molar-refractivity contribution in [3.63, 3.8) is 0 Å². The Kier molecular flexibility index (Phi) is 3.28. The molecule has 2 aromatic carbocycles. The second-order valence-electron chi connectivity index (χ2n) is 4.29. The number of H-pyrrole nitrogens is 1. The third kappa shape index (κ3) is 2.10. The van der Waals surface area contributed by atoms with Gasteiger partial charge in [0.1, 0.15) is 11.4 Å². The molecule has 1 aromatic heterocycles. The highest BCUT2D eigenvalue weighted by atomic mass is 79.9. The fraction of sp³-hybridized carbons (Fsp3) is 0.0667. The zero-order valence-electron chi connectivity index (χ0n) is 10.7. The molecule has 1 heterocycles. The van der Waals surface area contributed by atoms with Gasteiger partial charge in [0.05, 0.1) is 12.5 Å². The van der Waals surface area contributed by atoms with Gasteiger partial charge in [-0.2, -0.15) is 5.10 Å². The highest BCUT2D eigenvalue weighted by Gasteiger charge is 2.12. The SMILES string of the molecule is COc1cc(Br)ccc1-c1n[nH]c(=O)c2ccccc12. The summed E-state index contributed by atoms with van der Waals surface area (Å²) in [4.78, 5) is 11.8. The number of benzene rings is 2. The van der Waals surface area contributed by atoms with Crippen LogP contribution in [0, 0.1) is 0 Å². The molecule has 0 atom stereocenters. The molecule has 0 spiro atoms. The Morgan fingerprint density at radius 1 is 1.15 bits per heavy atom. The van der Waals surface area contributed by atoms with Crippen LogP contribution < -0.4 is 10.3 Å². The Bertz CT molecular complexity index is 843. The number of aromatic amines is 1. The molecule has 0 amide bonds. The molecule has 100 valence electrons. The van der Waals surface area contributed by atoms with E-state index in [1.54, 1.807) is 13.2 Å².